The third-order valence-electron chi connectivity index (χ3n) is 4.97. The Labute approximate surface area is 161 Å². The summed E-state index contributed by atoms with van der Waals surface area (Å²) < 4.78 is 5.68. The predicted octanol–water partition coefficient (Wildman–Crippen LogP) is 2.45. The van der Waals surface area contributed by atoms with Gasteiger partial charge in [-0.3, -0.25) is 14.7 Å². The number of carbonyl (C=O) groups excluding carboxylic acids is 1. The van der Waals surface area contributed by atoms with Crippen LogP contribution in [0.4, 0.5) is 0 Å². The molecule has 1 aliphatic heterocycles. The number of carbonyl (C=O) groups is 1. The number of hydrogen-bond donors (Lipinski definition) is 2. The first-order valence-corrected chi connectivity index (χ1v) is 9.28. The maximum absolute atomic E-state index is 13.2. The van der Waals surface area contributed by atoms with Gasteiger partial charge in [0.15, 0.2) is 5.69 Å². The zero-order chi connectivity index (χ0) is 19.5. The van der Waals surface area contributed by atoms with Gasteiger partial charge >= 0.3 is 0 Å². The molecule has 0 saturated carbocycles. The van der Waals surface area contributed by atoms with E-state index in [0.717, 1.165) is 12.8 Å². The Morgan fingerprint density at radius 1 is 1.21 bits per heavy atom. The number of phenols is 1. The molecule has 0 aliphatic carbocycles. The van der Waals surface area contributed by atoms with Gasteiger partial charge in [-0.25, -0.2) is 0 Å². The first kappa shape index (κ1) is 18.2. The highest BCUT2D eigenvalue weighted by molar-refractivity contribution is 5.95. The Morgan fingerprint density at radius 3 is 2.79 bits per heavy atom. The van der Waals surface area contributed by atoms with Crippen LogP contribution in [0, 0.1) is 0 Å². The minimum atomic E-state index is -0.481. The second kappa shape index (κ2) is 7.82. The molecule has 0 radical (unpaired) electrons. The van der Waals surface area contributed by atoms with Crippen LogP contribution < -0.4 is 5.43 Å². The number of phenolic OH excluding ortho intramolecular Hbond substituents is 1. The standard InChI is InChI=1S/C21H21N3O4/c25-18-10-4-1-6-14(18)12-24(13-15-7-5-11-28-15)21(27)19-20(26)16-8-2-3-9-17(16)22-23-19/h1-4,6,8-10,15,25H,5,7,11-13H2,(H,22,26)/t15-/m0/s1. The summed E-state index contributed by atoms with van der Waals surface area (Å²) in [5, 5.41) is 17.4. The number of fused-ring (bicyclic) bond motifs is 1. The summed E-state index contributed by atoms with van der Waals surface area (Å²) in [6, 6.07) is 13.8. The number of amides is 1. The molecule has 3 aromatic rings. The number of rotatable bonds is 5. The molecule has 1 atom stereocenters. The Morgan fingerprint density at radius 2 is 2.00 bits per heavy atom. The monoisotopic (exact) mass is 379 g/mol. The number of hydrogen-bond acceptors (Lipinski definition) is 5. The fourth-order valence-electron chi connectivity index (χ4n) is 3.47. The highest BCUT2D eigenvalue weighted by atomic mass is 16.5. The van der Waals surface area contributed by atoms with Crippen molar-refractivity contribution in [2.24, 2.45) is 0 Å². The molecular formula is C21H21N3O4. The molecular weight excluding hydrogens is 358 g/mol. The number of benzene rings is 2. The highest BCUT2D eigenvalue weighted by Gasteiger charge is 2.27. The van der Waals surface area contributed by atoms with Crippen LogP contribution in [0.5, 0.6) is 5.75 Å². The molecule has 144 valence electrons. The topological polar surface area (TPSA) is 95.5 Å². The number of nitrogens with zero attached hydrogens (tertiary/aromatic N) is 2. The van der Waals surface area contributed by atoms with Crippen LogP contribution in [0.25, 0.3) is 10.9 Å². The van der Waals surface area contributed by atoms with E-state index in [-0.39, 0.29) is 24.1 Å². The zero-order valence-electron chi connectivity index (χ0n) is 15.3. The summed E-state index contributed by atoms with van der Waals surface area (Å²) in [6.45, 7) is 1.17. The fourth-order valence-corrected chi connectivity index (χ4v) is 3.47. The van der Waals surface area contributed by atoms with Crippen molar-refractivity contribution in [3.8, 4) is 5.75 Å². The van der Waals surface area contributed by atoms with Crippen LogP contribution in [0.1, 0.15) is 28.9 Å². The lowest BCUT2D eigenvalue weighted by Crippen LogP contribution is -2.39. The van der Waals surface area contributed by atoms with Gasteiger partial charge in [-0.1, -0.05) is 30.3 Å². The highest BCUT2D eigenvalue weighted by Crippen LogP contribution is 2.21. The molecule has 2 aromatic carbocycles. The van der Waals surface area contributed by atoms with Crippen LogP contribution in [0.2, 0.25) is 0 Å². The van der Waals surface area contributed by atoms with E-state index < -0.39 is 11.3 Å². The van der Waals surface area contributed by atoms with Gasteiger partial charge in [-0.15, -0.1) is 0 Å². The van der Waals surface area contributed by atoms with Gasteiger partial charge < -0.3 is 14.7 Å². The van der Waals surface area contributed by atoms with Crippen molar-refractivity contribution in [3.05, 3.63) is 70.0 Å². The van der Waals surface area contributed by atoms with Gasteiger partial charge in [0.2, 0.25) is 5.43 Å². The quantitative estimate of drug-likeness (QED) is 0.710. The molecule has 0 unspecified atom stereocenters. The van der Waals surface area contributed by atoms with E-state index in [1.54, 1.807) is 48.5 Å². The lowest BCUT2D eigenvalue weighted by molar-refractivity contribution is 0.0499. The van der Waals surface area contributed by atoms with E-state index in [1.807, 2.05) is 0 Å². The van der Waals surface area contributed by atoms with Crippen LogP contribution in [0.15, 0.2) is 53.3 Å². The van der Waals surface area contributed by atoms with Gasteiger partial charge in [0, 0.05) is 30.6 Å². The average molecular weight is 379 g/mol. The Hall–Kier alpha value is -3.19. The van der Waals surface area contributed by atoms with E-state index in [2.05, 4.69) is 10.2 Å². The van der Waals surface area contributed by atoms with E-state index in [9.17, 15) is 14.7 Å². The summed E-state index contributed by atoms with van der Waals surface area (Å²) in [7, 11) is 0. The molecule has 1 aromatic heterocycles. The zero-order valence-corrected chi connectivity index (χ0v) is 15.3. The maximum Gasteiger partial charge on any atom is 0.278 e. The number of H-pyrrole nitrogens is 1. The summed E-state index contributed by atoms with van der Waals surface area (Å²) in [5.74, 6) is -0.376. The Kier molecular flexibility index (Phi) is 5.08. The number of nitrogens with one attached hydrogen (secondary N) is 1. The van der Waals surface area contributed by atoms with Crippen LogP contribution in [0.3, 0.4) is 0 Å². The Balaban J connectivity index is 1.69. The maximum atomic E-state index is 13.2. The van der Waals surface area contributed by atoms with Crippen LogP contribution >= 0.6 is 0 Å². The summed E-state index contributed by atoms with van der Waals surface area (Å²) >= 11 is 0. The summed E-state index contributed by atoms with van der Waals surface area (Å²) in [4.78, 5) is 27.6. The number of ether oxygens (including phenoxy) is 1. The largest absolute Gasteiger partial charge is 0.508 e. The summed E-state index contributed by atoms with van der Waals surface area (Å²) in [5.41, 5.74) is 0.614. The third kappa shape index (κ3) is 3.61. The molecule has 28 heavy (non-hydrogen) atoms. The third-order valence-corrected chi connectivity index (χ3v) is 4.97. The molecule has 0 spiro atoms. The van der Waals surface area contributed by atoms with Crippen molar-refractivity contribution < 1.29 is 14.6 Å². The molecule has 2 heterocycles. The normalized spacial score (nSPS) is 16.4. The lowest BCUT2D eigenvalue weighted by Gasteiger charge is -2.25. The van der Waals surface area contributed by atoms with Crippen molar-refractivity contribution >= 4 is 16.8 Å². The van der Waals surface area contributed by atoms with Gasteiger partial charge in [0.05, 0.1) is 11.6 Å². The molecule has 1 aliphatic rings. The molecule has 7 heteroatoms. The molecule has 1 amide bonds. The second-order valence-electron chi connectivity index (χ2n) is 6.90. The SMILES string of the molecule is O=C(c1n[nH]c2ccccc2c1=O)N(Cc1ccccc1O)C[C@@H]1CCCO1. The van der Waals surface area contributed by atoms with Gasteiger partial charge in [-0.05, 0) is 31.0 Å². The van der Waals surface area contributed by atoms with Crippen molar-refractivity contribution in [2.75, 3.05) is 13.2 Å². The average Bonchev–Trinajstić information content (AvgIpc) is 3.22. The molecule has 2 N–H and O–H groups in total. The lowest BCUT2D eigenvalue weighted by atomic mass is 10.1. The Bertz CT molecular complexity index is 1060. The van der Waals surface area contributed by atoms with E-state index >= 15 is 0 Å². The number of aromatic nitrogens is 2. The van der Waals surface area contributed by atoms with Crippen LogP contribution in [-0.2, 0) is 11.3 Å². The first-order valence-electron chi connectivity index (χ1n) is 9.28. The van der Waals surface area contributed by atoms with Crippen molar-refractivity contribution in [3.63, 3.8) is 0 Å². The van der Waals surface area contributed by atoms with Gasteiger partial charge in [-0.2, -0.15) is 5.10 Å². The van der Waals surface area contributed by atoms with Crippen molar-refractivity contribution in [2.45, 2.75) is 25.5 Å². The molecule has 0 bridgehead atoms. The first-order chi connectivity index (χ1) is 13.6. The minimum Gasteiger partial charge on any atom is -0.508 e. The molecule has 7 nitrogen and oxygen atoms in total. The molecule has 1 fully saturated rings. The smallest absolute Gasteiger partial charge is 0.278 e. The second-order valence-corrected chi connectivity index (χ2v) is 6.90. The molecule has 1 saturated heterocycles. The van der Waals surface area contributed by atoms with E-state index in [1.165, 1.54) is 4.90 Å². The number of aromatic amines is 1. The van der Waals surface area contributed by atoms with Crippen LogP contribution in [-0.4, -0.2) is 45.4 Å². The number of para-hydroxylation sites is 2. The fraction of sp³-hybridized carbons (Fsp3) is 0.286. The summed E-state index contributed by atoms with van der Waals surface area (Å²) in [6.07, 6.45) is 1.71. The minimum absolute atomic E-state index is 0.0886. The predicted molar refractivity (Wildman–Crippen MR) is 104 cm³/mol. The van der Waals surface area contributed by atoms with Crippen molar-refractivity contribution in [1.82, 2.24) is 15.1 Å². The van der Waals surface area contributed by atoms with Crippen molar-refractivity contribution in [1.29, 1.82) is 0 Å². The van der Waals surface area contributed by atoms with E-state index in [0.29, 0.717) is 29.6 Å². The molecule has 4 rings (SSSR count). The van der Waals surface area contributed by atoms with Gasteiger partial charge in [0.1, 0.15) is 5.75 Å². The number of aromatic hydroxyl groups is 1. The van der Waals surface area contributed by atoms with Gasteiger partial charge in [0.25, 0.3) is 5.91 Å². The van der Waals surface area contributed by atoms with E-state index in [4.69, 9.17) is 4.74 Å².